The van der Waals surface area contributed by atoms with Crippen molar-refractivity contribution in [2.75, 3.05) is 29.9 Å². The number of rotatable bonds is 4. The van der Waals surface area contributed by atoms with Crippen molar-refractivity contribution in [2.24, 2.45) is 0 Å². The first-order valence-electron chi connectivity index (χ1n) is 8.14. The summed E-state index contributed by atoms with van der Waals surface area (Å²) in [6, 6.07) is 0.478. The predicted octanol–water partition coefficient (Wildman–Crippen LogP) is 2.87. The maximum Gasteiger partial charge on any atom is 0.225 e. The van der Waals surface area contributed by atoms with Crippen LogP contribution in [0.2, 0.25) is 0 Å². The Morgan fingerprint density at radius 1 is 1.22 bits per heavy atom. The van der Waals surface area contributed by atoms with Gasteiger partial charge in [-0.25, -0.2) is 15.0 Å². The molecule has 1 fully saturated rings. The molecule has 0 amide bonds. The van der Waals surface area contributed by atoms with Crippen LogP contribution in [0.25, 0.3) is 0 Å². The Hall–Kier alpha value is -1.76. The minimum absolute atomic E-state index is 0.391. The molecule has 0 saturated carbocycles. The molecule has 1 aliphatic rings. The zero-order valence-corrected chi connectivity index (χ0v) is 15.0. The van der Waals surface area contributed by atoms with Crippen molar-refractivity contribution >= 4 is 22.6 Å². The molecule has 0 N–H and O–H groups in total. The molecule has 124 valence electrons. The average molecular weight is 332 g/mol. The first-order chi connectivity index (χ1) is 11.0. The molecule has 0 radical (unpaired) electrons. The third-order valence-corrected chi connectivity index (χ3v) is 5.10. The van der Waals surface area contributed by atoms with Crippen molar-refractivity contribution in [3.8, 4) is 0 Å². The number of aromatic nitrogens is 4. The van der Waals surface area contributed by atoms with Gasteiger partial charge in [0.05, 0.1) is 0 Å². The van der Waals surface area contributed by atoms with E-state index in [2.05, 4.69) is 50.0 Å². The Morgan fingerprint density at radius 3 is 2.43 bits per heavy atom. The number of nitrogens with zero attached hydrogens (tertiary/aromatic N) is 6. The van der Waals surface area contributed by atoms with Gasteiger partial charge in [0, 0.05) is 56.0 Å². The SMILES string of the molecule is Cc1cnc(N(C)C2CCN(c3nc(C(C)C)ns3)CC2)nc1. The summed E-state index contributed by atoms with van der Waals surface area (Å²) in [6.07, 6.45) is 5.93. The van der Waals surface area contributed by atoms with Crippen molar-refractivity contribution in [1.29, 1.82) is 0 Å². The minimum Gasteiger partial charge on any atom is -0.347 e. The van der Waals surface area contributed by atoms with Crippen molar-refractivity contribution in [2.45, 2.75) is 45.6 Å². The van der Waals surface area contributed by atoms with E-state index in [1.54, 1.807) is 0 Å². The van der Waals surface area contributed by atoms with Gasteiger partial charge in [-0.2, -0.15) is 4.37 Å². The molecule has 3 heterocycles. The standard InChI is InChI=1S/C16H24N6S/c1-11(2)14-19-16(23-20-14)22-7-5-13(6-8-22)21(4)15-17-9-12(3)10-18-15/h9-11,13H,5-8H2,1-4H3. The summed E-state index contributed by atoms with van der Waals surface area (Å²) in [6.45, 7) is 8.29. The van der Waals surface area contributed by atoms with Gasteiger partial charge in [-0.15, -0.1) is 0 Å². The molecule has 0 atom stereocenters. The first-order valence-corrected chi connectivity index (χ1v) is 8.92. The molecule has 0 aliphatic carbocycles. The number of hydrogen-bond donors (Lipinski definition) is 0. The molecule has 23 heavy (non-hydrogen) atoms. The number of aryl methyl sites for hydroxylation is 1. The second-order valence-electron chi connectivity index (χ2n) is 6.48. The lowest BCUT2D eigenvalue weighted by Gasteiger charge is -2.36. The lowest BCUT2D eigenvalue weighted by atomic mass is 10.0. The van der Waals surface area contributed by atoms with Crippen LogP contribution < -0.4 is 9.80 Å². The van der Waals surface area contributed by atoms with Crippen molar-refractivity contribution < 1.29 is 0 Å². The molecule has 0 unspecified atom stereocenters. The summed E-state index contributed by atoms with van der Waals surface area (Å²) < 4.78 is 4.46. The molecule has 1 saturated heterocycles. The van der Waals surface area contributed by atoms with E-state index in [0.29, 0.717) is 12.0 Å². The lowest BCUT2D eigenvalue weighted by Crippen LogP contribution is -2.44. The van der Waals surface area contributed by atoms with Gasteiger partial charge in [-0.3, -0.25) is 0 Å². The summed E-state index contributed by atoms with van der Waals surface area (Å²) >= 11 is 1.52. The largest absolute Gasteiger partial charge is 0.347 e. The van der Waals surface area contributed by atoms with E-state index < -0.39 is 0 Å². The molecule has 0 bridgehead atoms. The third-order valence-electron chi connectivity index (χ3n) is 4.31. The van der Waals surface area contributed by atoms with Crippen LogP contribution in [-0.4, -0.2) is 45.5 Å². The highest BCUT2D eigenvalue weighted by atomic mass is 32.1. The Kier molecular flexibility index (Phi) is 4.75. The van der Waals surface area contributed by atoms with Gasteiger partial charge in [0.2, 0.25) is 11.1 Å². The van der Waals surface area contributed by atoms with Crippen LogP contribution in [0.15, 0.2) is 12.4 Å². The van der Waals surface area contributed by atoms with Crippen molar-refractivity contribution in [3.05, 3.63) is 23.8 Å². The van der Waals surface area contributed by atoms with Gasteiger partial charge in [0.1, 0.15) is 5.82 Å². The molecule has 2 aromatic heterocycles. The summed E-state index contributed by atoms with van der Waals surface area (Å²) in [7, 11) is 2.09. The maximum atomic E-state index is 4.67. The van der Waals surface area contributed by atoms with Gasteiger partial charge < -0.3 is 9.80 Å². The summed E-state index contributed by atoms with van der Waals surface area (Å²) in [5.41, 5.74) is 1.09. The molecule has 1 aliphatic heterocycles. The van der Waals surface area contributed by atoms with E-state index in [1.807, 2.05) is 19.3 Å². The molecule has 2 aromatic rings. The molecule has 0 aromatic carbocycles. The van der Waals surface area contributed by atoms with Gasteiger partial charge in [0.25, 0.3) is 0 Å². The van der Waals surface area contributed by atoms with E-state index in [9.17, 15) is 0 Å². The number of hydrogen-bond acceptors (Lipinski definition) is 7. The van der Waals surface area contributed by atoms with E-state index >= 15 is 0 Å². The molecular weight excluding hydrogens is 308 g/mol. The summed E-state index contributed by atoms with van der Waals surface area (Å²) in [5, 5.41) is 1.06. The second-order valence-corrected chi connectivity index (χ2v) is 7.21. The van der Waals surface area contributed by atoms with Crippen LogP contribution in [0.4, 0.5) is 11.1 Å². The van der Waals surface area contributed by atoms with E-state index in [0.717, 1.165) is 48.4 Å². The van der Waals surface area contributed by atoms with E-state index in [4.69, 9.17) is 0 Å². The highest BCUT2D eigenvalue weighted by Crippen LogP contribution is 2.26. The number of anilines is 2. The van der Waals surface area contributed by atoms with Crippen molar-refractivity contribution in [1.82, 2.24) is 19.3 Å². The molecular formula is C16H24N6S. The van der Waals surface area contributed by atoms with Gasteiger partial charge >= 0.3 is 0 Å². The van der Waals surface area contributed by atoms with Crippen LogP contribution in [0.5, 0.6) is 0 Å². The van der Waals surface area contributed by atoms with Gasteiger partial charge in [-0.05, 0) is 25.3 Å². The maximum absolute atomic E-state index is 4.67. The molecule has 6 nitrogen and oxygen atoms in total. The van der Waals surface area contributed by atoms with E-state index in [-0.39, 0.29) is 0 Å². The van der Waals surface area contributed by atoms with Crippen LogP contribution in [0.1, 0.15) is 44.0 Å². The fourth-order valence-corrected chi connectivity index (χ4v) is 3.62. The van der Waals surface area contributed by atoms with Crippen LogP contribution in [-0.2, 0) is 0 Å². The average Bonchev–Trinajstić information content (AvgIpc) is 3.05. The zero-order chi connectivity index (χ0) is 16.4. The Morgan fingerprint density at radius 2 is 1.87 bits per heavy atom. The number of piperidine rings is 1. The first kappa shape index (κ1) is 16.1. The van der Waals surface area contributed by atoms with Gasteiger partial charge in [0.15, 0.2) is 0 Å². The Labute approximate surface area is 141 Å². The zero-order valence-electron chi connectivity index (χ0n) is 14.2. The minimum atomic E-state index is 0.391. The predicted molar refractivity (Wildman–Crippen MR) is 94.4 cm³/mol. The normalized spacial score (nSPS) is 16.1. The monoisotopic (exact) mass is 332 g/mol. The molecule has 3 rings (SSSR count). The fraction of sp³-hybridized carbons (Fsp3) is 0.625. The third kappa shape index (κ3) is 3.60. The van der Waals surface area contributed by atoms with E-state index in [1.165, 1.54) is 11.5 Å². The summed E-state index contributed by atoms with van der Waals surface area (Å²) in [5.74, 6) is 2.16. The summed E-state index contributed by atoms with van der Waals surface area (Å²) in [4.78, 5) is 18.1. The topological polar surface area (TPSA) is 58.0 Å². The van der Waals surface area contributed by atoms with Crippen LogP contribution >= 0.6 is 11.5 Å². The quantitative estimate of drug-likeness (QED) is 0.858. The van der Waals surface area contributed by atoms with Crippen molar-refractivity contribution in [3.63, 3.8) is 0 Å². The smallest absolute Gasteiger partial charge is 0.225 e. The Bertz CT molecular complexity index is 630. The second kappa shape index (κ2) is 6.78. The molecule has 0 spiro atoms. The lowest BCUT2D eigenvalue weighted by molar-refractivity contribution is 0.477. The highest BCUT2D eigenvalue weighted by molar-refractivity contribution is 7.09. The van der Waals surface area contributed by atoms with Crippen LogP contribution in [0.3, 0.4) is 0 Å². The molecule has 7 heteroatoms. The highest BCUT2D eigenvalue weighted by Gasteiger charge is 2.25. The van der Waals surface area contributed by atoms with Crippen LogP contribution in [0, 0.1) is 6.92 Å². The van der Waals surface area contributed by atoms with Gasteiger partial charge in [-0.1, -0.05) is 13.8 Å². The Balaban J connectivity index is 1.60. The fourth-order valence-electron chi connectivity index (χ4n) is 2.77.